The minimum absolute atomic E-state index is 0.320. The number of aromatic nitrogens is 1. The summed E-state index contributed by atoms with van der Waals surface area (Å²) in [5, 5.41) is 10.8. The number of hydrogen-bond acceptors (Lipinski definition) is 2. The van der Waals surface area contributed by atoms with Crippen LogP contribution >= 0.6 is 0 Å². The van der Waals surface area contributed by atoms with E-state index in [0.717, 1.165) is 37.4 Å². The molecule has 4 heteroatoms. The maximum Gasteiger partial charge on any atom is 0.137 e. The van der Waals surface area contributed by atoms with Gasteiger partial charge in [0, 0.05) is 12.7 Å². The molecule has 0 fully saturated rings. The van der Waals surface area contributed by atoms with Crippen LogP contribution in [0.3, 0.4) is 0 Å². The Labute approximate surface area is 193 Å². The number of aliphatic hydroxyl groups excluding tert-OH is 1. The second-order valence-electron chi connectivity index (χ2n) is 9.35. The predicted octanol–water partition coefficient (Wildman–Crippen LogP) is 4.02. The summed E-state index contributed by atoms with van der Waals surface area (Å²) >= 11 is 0. The van der Waals surface area contributed by atoms with Crippen molar-refractivity contribution < 1.29 is 14.7 Å². The van der Waals surface area contributed by atoms with Crippen LogP contribution in [0.4, 0.5) is 0 Å². The fourth-order valence-electron chi connectivity index (χ4n) is 4.04. The van der Waals surface area contributed by atoms with Gasteiger partial charge in [0.25, 0.3) is 0 Å². The van der Waals surface area contributed by atoms with E-state index in [9.17, 15) is 5.11 Å². The average Bonchev–Trinajstić information content (AvgIpc) is 3.19. The van der Waals surface area contributed by atoms with E-state index in [-0.39, 0.29) is 0 Å². The second kappa shape index (κ2) is 11.9. The minimum atomic E-state index is -0.503. The monoisotopic (exact) mass is 435 g/mol. The Morgan fingerprint density at radius 1 is 0.938 bits per heavy atom. The molecular formula is C28H39N2O2+. The number of ether oxygens (including phenoxy) is 1. The van der Waals surface area contributed by atoms with E-state index in [1.165, 1.54) is 21.7 Å². The van der Waals surface area contributed by atoms with Crippen molar-refractivity contribution in [1.29, 1.82) is 0 Å². The van der Waals surface area contributed by atoms with Crippen LogP contribution in [0.15, 0.2) is 66.9 Å². The molecule has 1 aromatic heterocycles. The molecule has 2 N–H and O–H groups in total. The summed E-state index contributed by atoms with van der Waals surface area (Å²) in [7, 11) is 0. The van der Waals surface area contributed by atoms with Crippen molar-refractivity contribution in [2.75, 3.05) is 19.7 Å². The fourth-order valence-corrected chi connectivity index (χ4v) is 4.04. The highest BCUT2D eigenvalue weighted by Gasteiger charge is 2.19. The molecule has 3 aromatic rings. The number of hydrogen-bond donors (Lipinski definition) is 2. The zero-order chi connectivity index (χ0) is 22.9. The number of rotatable bonds is 12. The molecule has 1 heterocycles. The first kappa shape index (κ1) is 24.1. The van der Waals surface area contributed by atoms with Gasteiger partial charge in [-0.05, 0) is 61.1 Å². The van der Waals surface area contributed by atoms with E-state index >= 15 is 0 Å². The molecule has 2 atom stereocenters. The lowest BCUT2D eigenvalue weighted by Gasteiger charge is -2.24. The number of para-hydroxylation sites is 1. The Balaban J connectivity index is 1.64. The molecule has 0 aliphatic carbocycles. The molecule has 0 aliphatic heterocycles. The van der Waals surface area contributed by atoms with Gasteiger partial charge in [-0.2, -0.15) is 0 Å². The van der Waals surface area contributed by atoms with Crippen molar-refractivity contribution in [2.24, 2.45) is 5.92 Å². The van der Waals surface area contributed by atoms with Gasteiger partial charge in [0.1, 0.15) is 31.5 Å². The van der Waals surface area contributed by atoms with E-state index < -0.39 is 6.10 Å². The normalized spacial score (nSPS) is 13.3. The molecule has 0 amide bonds. The molecule has 1 unspecified atom stereocenters. The van der Waals surface area contributed by atoms with Crippen molar-refractivity contribution in [3.63, 3.8) is 0 Å². The third-order valence-corrected chi connectivity index (χ3v) is 6.08. The third-order valence-electron chi connectivity index (χ3n) is 6.08. The van der Waals surface area contributed by atoms with Crippen LogP contribution in [0.2, 0.25) is 0 Å². The number of nitrogens with one attached hydrogen (secondary N) is 1. The summed E-state index contributed by atoms with van der Waals surface area (Å²) in [6.07, 6.45) is 2.80. The maximum absolute atomic E-state index is 10.8. The van der Waals surface area contributed by atoms with E-state index in [4.69, 9.17) is 4.74 Å². The largest absolute Gasteiger partial charge is 0.490 e. The zero-order valence-corrected chi connectivity index (χ0v) is 20.1. The highest BCUT2D eigenvalue weighted by Crippen LogP contribution is 2.16. The zero-order valence-electron chi connectivity index (χ0n) is 20.1. The van der Waals surface area contributed by atoms with Crippen LogP contribution in [0.1, 0.15) is 42.7 Å². The van der Waals surface area contributed by atoms with Gasteiger partial charge in [0.15, 0.2) is 0 Å². The molecule has 4 nitrogen and oxygen atoms in total. The van der Waals surface area contributed by atoms with Gasteiger partial charge in [-0.15, -0.1) is 0 Å². The van der Waals surface area contributed by atoms with E-state index in [1.807, 2.05) is 31.2 Å². The highest BCUT2D eigenvalue weighted by molar-refractivity contribution is 5.31. The average molecular weight is 436 g/mol. The quantitative estimate of drug-likeness (QED) is 0.451. The topological polar surface area (TPSA) is 38.8 Å². The molecule has 3 rings (SSSR count). The lowest BCUT2D eigenvalue weighted by atomic mass is 10.1. The first-order valence-corrected chi connectivity index (χ1v) is 11.8. The lowest BCUT2D eigenvalue weighted by molar-refractivity contribution is -0.917. The van der Waals surface area contributed by atoms with Crippen LogP contribution in [0, 0.1) is 19.8 Å². The molecule has 0 bridgehead atoms. The first-order valence-electron chi connectivity index (χ1n) is 11.8. The number of aryl methyl sites for hydroxylation is 2. The third kappa shape index (κ3) is 7.25. The predicted molar refractivity (Wildman–Crippen MR) is 131 cm³/mol. The molecule has 0 radical (unpaired) electrons. The van der Waals surface area contributed by atoms with Crippen LogP contribution < -0.4 is 9.64 Å². The van der Waals surface area contributed by atoms with Gasteiger partial charge in [0.2, 0.25) is 0 Å². The van der Waals surface area contributed by atoms with Gasteiger partial charge >= 0.3 is 0 Å². The fraction of sp³-hybridized carbons (Fsp3) is 0.429. The number of benzene rings is 2. The summed E-state index contributed by atoms with van der Waals surface area (Å²) < 4.78 is 8.25. The standard InChI is InChI=1S/C28H38N2O2/c1-22(2)15-17-29(20-27(31)21-32-28-14-8-6-11-24(28)4)19-26-13-9-16-30(26)18-25-12-7-5-10-23(25)3/h5-14,16,22,27,31H,15,17-21H2,1-4H3/p+1/t27-/m1/s1. The van der Waals surface area contributed by atoms with Gasteiger partial charge in [-0.25, -0.2) is 0 Å². The van der Waals surface area contributed by atoms with Crippen LogP contribution in [-0.4, -0.2) is 35.5 Å². The summed E-state index contributed by atoms with van der Waals surface area (Å²) in [5.74, 6) is 1.49. The number of quaternary nitrogens is 1. The van der Waals surface area contributed by atoms with Gasteiger partial charge in [-0.3, -0.25) is 0 Å². The highest BCUT2D eigenvalue weighted by atomic mass is 16.5. The van der Waals surface area contributed by atoms with Crippen LogP contribution in [-0.2, 0) is 13.1 Å². The first-order chi connectivity index (χ1) is 15.4. The van der Waals surface area contributed by atoms with Crippen LogP contribution in [0.25, 0.3) is 0 Å². The molecule has 172 valence electrons. The molecule has 0 aliphatic rings. The van der Waals surface area contributed by atoms with Gasteiger partial charge in [0.05, 0.1) is 12.2 Å². The Hall–Kier alpha value is -2.56. The van der Waals surface area contributed by atoms with E-state index in [2.05, 4.69) is 67.9 Å². The summed E-state index contributed by atoms with van der Waals surface area (Å²) in [4.78, 5) is 1.39. The molecule has 0 saturated carbocycles. The Morgan fingerprint density at radius 3 is 2.38 bits per heavy atom. The molecule has 2 aromatic carbocycles. The summed E-state index contributed by atoms with van der Waals surface area (Å²) in [6.45, 7) is 12.5. The Bertz CT molecular complexity index is 963. The molecule has 32 heavy (non-hydrogen) atoms. The van der Waals surface area contributed by atoms with Crippen molar-refractivity contribution in [2.45, 2.75) is 53.3 Å². The van der Waals surface area contributed by atoms with Crippen molar-refractivity contribution in [3.05, 3.63) is 89.2 Å². The van der Waals surface area contributed by atoms with Crippen molar-refractivity contribution in [1.82, 2.24) is 4.57 Å². The summed E-state index contributed by atoms with van der Waals surface area (Å²) in [5.41, 5.74) is 5.07. The number of nitrogens with zero attached hydrogens (tertiary/aromatic N) is 1. The minimum Gasteiger partial charge on any atom is -0.490 e. The van der Waals surface area contributed by atoms with E-state index in [0.29, 0.717) is 19.1 Å². The van der Waals surface area contributed by atoms with Crippen molar-refractivity contribution >= 4 is 0 Å². The Morgan fingerprint density at radius 2 is 1.66 bits per heavy atom. The number of aliphatic hydroxyl groups is 1. The maximum atomic E-state index is 10.8. The van der Waals surface area contributed by atoms with Gasteiger partial charge < -0.3 is 19.3 Å². The van der Waals surface area contributed by atoms with Gasteiger partial charge in [-0.1, -0.05) is 56.3 Å². The lowest BCUT2D eigenvalue weighted by Crippen LogP contribution is -3.12. The molecular weight excluding hydrogens is 396 g/mol. The molecule has 0 saturated heterocycles. The molecule has 0 spiro atoms. The van der Waals surface area contributed by atoms with Crippen LogP contribution in [0.5, 0.6) is 5.75 Å². The SMILES string of the molecule is Cc1ccccc1Cn1cccc1C[NH+](CCC(C)C)C[C@@H](O)COc1ccccc1C. The Kier molecular flexibility index (Phi) is 8.95. The smallest absolute Gasteiger partial charge is 0.137 e. The van der Waals surface area contributed by atoms with Crippen molar-refractivity contribution in [3.8, 4) is 5.75 Å². The van der Waals surface area contributed by atoms with E-state index in [1.54, 1.807) is 0 Å². The second-order valence-corrected chi connectivity index (χ2v) is 9.35. The summed E-state index contributed by atoms with van der Waals surface area (Å²) in [6, 6.07) is 20.9.